The lowest BCUT2D eigenvalue weighted by Crippen LogP contribution is -2.15. The summed E-state index contributed by atoms with van der Waals surface area (Å²) in [6.45, 7) is 2.25. The second-order valence-electron chi connectivity index (χ2n) is 3.75. The number of carbonyl (C=O) groups excluding carboxylic acids is 1. The van der Waals surface area contributed by atoms with Gasteiger partial charge in [-0.1, -0.05) is 18.2 Å². The Morgan fingerprint density at radius 3 is 2.83 bits per heavy atom. The minimum absolute atomic E-state index is 0.0831. The monoisotopic (exact) mass is 262 g/mol. The molecule has 0 aliphatic heterocycles. The summed E-state index contributed by atoms with van der Waals surface area (Å²) in [6, 6.07) is 9.44. The van der Waals surface area contributed by atoms with E-state index in [0.29, 0.717) is 18.2 Å². The Balaban J connectivity index is 1.72. The van der Waals surface area contributed by atoms with Gasteiger partial charge in [0.05, 0.1) is 18.7 Å². The molecule has 4 nitrogen and oxygen atoms in total. The second-order valence-corrected chi connectivity index (χ2v) is 4.61. The summed E-state index contributed by atoms with van der Waals surface area (Å²) in [4.78, 5) is 15.8. The average Bonchev–Trinajstić information content (AvgIpc) is 2.76. The zero-order valence-electron chi connectivity index (χ0n) is 10.1. The first-order valence-electron chi connectivity index (χ1n) is 5.64. The van der Waals surface area contributed by atoms with Crippen molar-refractivity contribution in [1.82, 2.24) is 4.98 Å². The molecule has 1 N–H and O–H groups in total. The third-order valence-electron chi connectivity index (χ3n) is 2.21. The van der Waals surface area contributed by atoms with Crippen molar-refractivity contribution in [3.63, 3.8) is 0 Å². The number of amides is 1. The number of aromatic nitrogens is 1. The van der Waals surface area contributed by atoms with Gasteiger partial charge in [-0.3, -0.25) is 4.79 Å². The van der Waals surface area contributed by atoms with Crippen LogP contribution in [0, 0.1) is 6.92 Å². The van der Waals surface area contributed by atoms with Crippen LogP contribution in [0.25, 0.3) is 0 Å². The number of thiazole rings is 1. The predicted octanol–water partition coefficient (Wildman–Crippen LogP) is 2.86. The number of nitrogens with one attached hydrogen (secondary N) is 1. The Hall–Kier alpha value is -1.88. The van der Waals surface area contributed by atoms with Crippen molar-refractivity contribution in [2.75, 3.05) is 11.9 Å². The summed E-state index contributed by atoms with van der Waals surface area (Å²) in [5, 5.41) is 5.27. The Morgan fingerprint density at radius 1 is 1.39 bits per heavy atom. The molecule has 2 aromatic rings. The van der Waals surface area contributed by atoms with E-state index in [2.05, 4.69) is 10.3 Å². The zero-order valence-corrected chi connectivity index (χ0v) is 10.9. The fourth-order valence-electron chi connectivity index (χ4n) is 1.37. The van der Waals surface area contributed by atoms with E-state index in [9.17, 15) is 4.79 Å². The summed E-state index contributed by atoms with van der Waals surface area (Å²) in [5.41, 5.74) is 0.913. The minimum atomic E-state index is -0.0831. The first-order valence-corrected chi connectivity index (χ1v) is 6.52. The van der Waals surface area contributed by atoms with Crippen molar-refractivity contribution < 1.29 is 9.53 Å². The maximum atomic E-state index is 11.6. The summed E-state index contributed by atoms with van der Waals surface area (Å²) >= 11 is 1.42. The third-order valence-corrected chi connectivity index (χ3v) is 3.08. The lowest BCUT2D eigenvalue weighted by molar-refractivity contribution is -0.116. The van der Waals surface area contributed by atoms with Crippen LogP contribution in [0.3, 0.4) is 0 Å². The van der Waals surface area contributed by atoms with Crippen LogP contribution >= 0.6 is 11.3 Å². The molecule has 2 rings (SSSR count). The number of carbonyl (C=O) groups is 1. The molecule has 0 radical (unpaired) electrons. The number of anilines is 1. The normalized spacial score (nSPS) is 10.1. The van der Waals surface area contributed by atoms with Gasteiger partial charge in [0, 0.05) is 5.38 Å². The van der Waals surface area contributed by atoms with Crippen molar-refractivity contribution in [1.29, 1.82) is 0 Å². The smallest absolute Gasteiger partial charge is 0.229 e. The minimum Gasteiger partial charge on any atom is -0.493 e. The van der Waals surface area contributed by atoms with E-state index >= 15 is 0 Å². The number of rotatable bonds is 5. The van der Waals surface area contributed by atoms with Crippen molar-refractivity contribution in [2.45, 2.75) is 13.3 Å². The summed E-state index contributed by atoms with van der Waals surface area (Å²) in [7, 11) is 0. The molecule has 0 bridgehead atoms. The molecule has 18 heavy (non-hydrogen) atoms. The molecule has 1 amide bonds. The quantitative estimate of drug-likeness (QED) is 0.901. The van der Waals surface area contributed by atoms with Crippen molar-refractivity contribution >= 4 is 22.4 Å². The molecule has 1 aromatic carbocycles. The van der Waals surface area contributed by atoms with Crippen LogP contribution in [0.2, 0.25) is 0 Å². The molecule has 94 valence electrons. The molecule has 0 atom stereocenters. The third kappa shape index (κ3) is 3.85. The van der Waals surface area contributed by atoms with Gasteiger partial charge in [-0.05, 0) is 19.1 Å². The number of benzene rings is 1. The van der Waals surface area contributed by atoms with E-state index < -0.39 is 0 Å². The number of hydrogen-bond acceptors (Lipinski definition) is 4. The predicted molar refractivity (Wildman–Crippen MR) is 72.0 cm³/mol. The standard InChI is InChI=1S/C13H14N2O2S/c1-10-9-18-13(14-10)15-12(16)7-8-17-11-5-3-2-4-6-11/h2-6,9H,7-8H2,1H3,(H,14,15,16). The van der Waals surface area contributed by atoms with Gasteiger partial charge >= 0.3 is 0 Å². The van der Waals surface area contributed by atoms with E-state index in [1.807, 2.05) is 42.6 Å². The zero-order chi connectivity index (χ0) is 12.8. The van der Waals surface area contributed by atoms with Crippen LogP contribution in [0.1, 0.15) is 12.1 Å². The highest BCUT2D eigenvalue weighted by Crippen LogP contribution is 2.14. The molecule has 1 aromatic heterocycles. The van der Waals surface area contributed by atoms with Gasteiger partial charge < -0.3 is 10.1 Å². The molecule has 0 saturated carbocycles. The van der Waals surface area contributed by atoms with Crippen LogP contribution in [0.4, 0.5) is 5.13 Å². The number of aryl methyl sites for hydroxylation is 1. The summed E-state index contributed by atoms with van der Waals surface area (Å²) in [6.07, 6.45) is 0.313. The number of hydrogen-bond donors (Lipinski definition) is 1. The highest BCUT2D eigenvalue weighted by Gasteiger charge is 2.05. The number of ether oxygens (including phenoxy) is 1. The van der Waals surface area contributed by atoms with E-state index in [1.165, 1.54) is 11.3 Å². The largest absolute Gasteiger partial charge is 0.493 e. The molecule has 0 unspecified atom stereocenters. The lowest BCUT2D eigenvalue weighted by atomic mass is 10.3. The Labute approximate surface area is 110 Å². The number of para-hydroxylation sites is 1. The van der Waals surface area contributed by atoms with E-state index in [4.69, 9.17) is 4.74 Å². The van der Waals surface area contributed by atoms with Crippen molar-refractivity contribution in [2.24, 2.45) is 0 Å². The Morgan fingerprint density at radius 2 is 2.17 bits per heavy atom. The van der Waals surface area contributed by atoms with Crippen LogP contribution in [-0.4, -0.2) is 17.5 Å². The van der Waals surface area contributed by atoms with Gasteiger partial charge in [0.2, 0.25) is 5.91 Å². The first-order chi connectivity index (χ1) is 8.74. The van der Waals surface area contributed by atoms with Gasteiger partial charge in [-0.2, -0.15) is 0 Å². The maximum absolute atomic E-state index is 11.6. The van der Waals surface area contributed by atoms with Gasteiger partial charge in [-0.25, -0.2) is 4.98 Å². The van der Waals surface area contributed by atoms with E-state index in [-0.39, 0.29) is 5.91 Å². The highest BCUT2D eigenvalue weighted by atomic mass is 32.1. The topological polar surface area (TPSA) is 51.2 Å². The average molecular weight is 262 g/mol. The molecule has 5 heteroatoms. The molecule has 0 saturated heterocycles. The molecule has 0 fully saturated rings. The molecule has 0 spiro atoms. The van der Waals surface area contributed by atoms with Gasteiger partial charge in [-0.15, -0.1) is 11.3 Å². The van der Waals surface area contributed by atoms with Crippen LogP contribution in [0.15, 0.2) is 35.7 Å². The van der Waals surface area contributed by atoms with Gasteiger partial charge in [0.25, 0.3) is 0 Å². The number of nitrogens with zero attached hydrogens (tertiary/aromatic N) is 1. The maximum Gasteiger partial charge on any atom is 0.229 e. The molecular weight excluding hydrogens is 248 g/mol. The lowest BCUT2D eigenvalue weighted by Gasteiger charge is -2.05. The Bertz CT molecular complexity index is 511. The van der Waals surface area contributed by atoms with Gasteiger partial charge in [0.1, 0.15) is 5.75 Å². The van der Waals surface area contributed by atoms with E-state index in [0.717, 1.165) is 11.4 Å². The van der Waals surface area contributed by atoms with E-state index in [1.54, 1.807) is 0 Å². The molecule has 0 aliphatic rings. The highest BCUT2D eigenvalue weighted by molar-refractivity contribution is 7.13. The van der Waals surface area contributed by atoms with Crippen LogP contribution in [0.5, 0.6) is 5.75 Å². The Kier molecular flexibility index (Phi) is 4.30. The van der Waals surface area contributed by atoms with Crippen LogP contribution in [-0.2, 0) is 4.79 Å². The second kappa shape index (κ2) is 6.16. The fourth-order valence-corrected chi connectivity index (χ4v) is 2.08. The van der Waals surface area contributed by atoms with Crippen molar-refractivity contribution in [3.8, 4) is 5.75 Å². The van der Waals surface area contributed by atoms with Crippen molar-refractivity contribution in [3.05, 3.63) is 41.4 Å². The fraction of sp³-hybridized carbons (Fsp3) is 0.231. The SMILES string of the molecule is Cc1csc(NC(=O)CCOc2ccccc2)n1. The summed E-state index contributed by atoms with van der Waals surface area (Å²) < 4.78 is 5.44. The summed E-state index contributed by atoms with van der Waals surface area (Å²) in [5.74, 6) is 0.690. The van der Waals surface area contributed by atoms with Gasteiger partial charge in [0.15, 0.2) is 5.13 Å². The molecule has 0 aliphatic carbocycles. The first kappa shape index (κ1) is 12.6. The molecule has 1 heterocycles. The molecular formula is C13H14N2O2S. The van der Waals surface area contributed by atoms with Crippen LogP contribution < -0.4 is 10.1 Å².